The van der Waals surface area contributed by atoms with Crippen molar-refractivity contribution >= 4 is 58.4 Å². The summed E-state index contributed by atoms with van der Waals surface area (Å²) in [4.78, 5) is 6.10. The number of hydrogen-bond donors (Lipinski definition) is 2. The van der Waals surface area contributed by atoms with E-state index in [1.165, 1.54) is 49.1 Å². The minimum absolute atomic E-state index is 0.0628. The zero-order valence-electron chi connectivity index (χ0n) is 20.0. The van der Waals surface area contributed by atoms with Crippen molar-refractivity contribution in [1.29, 1.82) is 0 Å². The lowest BCUT2D eigenvalue weighted by molar-refractivity contribution is -0.653. The third-order valence-corrected chi connectivity index (χ3v) is 8.39. The number of para-hydroxylation sites is 4. The molecule has 1 unspecified atom stereocenters. The Hall–Kier alpha value is -3.09. The Labute approximate surface area is 216 Å². The summed E-state index contributed by atoms with van der Waals surface area (Å²) in [5.41, 5.74) is 7.40. The van der Waals surface area contributed by atoms with Crippen molar-refractivity contribution in [2.24, 2.45) is 7.05 Å². The number of fused-ring (bicyclic) bond motifs is 3. The molecule has 35 heavy (non-hydrogen) atoms. The molecule has 1 aromatic heterocycles. The van der Waals surface area contributed by atoms with Gasteiger partial charge in [0.25, 0.3) is 0 Å². The van der Waals surface area contributed by atoms with E-state index in [4.69, 9.17) is 0 Å². The van der Waals surface area contributed by atoms with Crippen molar-refractivity contribution in [3.05, 3.63) is 95.1 Å². The van der Waals surface area contributed by atoms with E-state index in [0.717, 1.165) is 18.7 Å². The molecule has 3 heterocycles. The fourth-order valence-electron chi connectivity index (χ4n) is 5.18. The first-order valence-corrected chi connectivity index (χ1v) is 13.5. The summed E-state index contributed by atoms with van der Waals surface area (Å²) in [5.74, 6) is 0.880. The maximum absolute atomic E-state index is 4.48. The van der Waals surface area contributed by atoms with Crippen LogP contribution in [-0.2, 0) is 7.05 Å². The Balaban J connectivity index is 1.48. The lowest BCUT2D eigenvalue weighted by atomic mass is 10.1. The van der Waals surface area contributed by atoms with Gasteiger partial charge in [-0.15, -0.1) is 0 Å². The maximum atomic E-state index is 4.48. The molecule has 4 aromatic rings. The molecule has 6 rings (SSSR count). The fourth-order valence-corrected chi connectivity index (χ4v) is 6.46. The second-order valence-electron chi connectivity index (χ2n) is 9.06. The van der Waals surface area contributed by atoms with Crippen LogP contribution < -0.4 is 19.7 Å². The number of thioether (sulfide) groups is 1. The van der Waals surface area contributed by atoms with Gasteiger partial charge in [0.15, 0.2) is 6.17 Å². The van der Waals surface area contributed by atoms with E-state index >= 15 is 0 Å². The Morgan fingerprint density at radius 3 is 2.57 bits per heavy atom. The molecule has 2 aliphatic heterocycles. The average molecular weight is 498 g/mol. The summed E-state index contributed by atoms with van der Waals surface area (Å²) >= 11 is 6.34. The third kappa shape index (κ3) is 3.85. The fraction of sp³-hybridized carbons (Fsp3) is 0.207. The van der Waals surface area contributed by atoms with Crippen molar-refractivity contribution in [3.63, 3.8) is 0 Å². The average Bonchev–Trinajstić information content (AvgIpc) is 3.41. The Kier molecular flexibility index (Phi) is 5.86. The zero-order valence-corrected chi connectivity index (χ0v) is 21.7. The molecule has 0 spiro atoms. The third-order valence-electron chi connectivity index (χ3n) is 6.97. The smallest absolute Gasteiger partial charge is 0.225 e. The molecule has 4 nitrogen and oxygen atoms in total. The summed E-state index contributed by atoms with van der Waals surface area (Å²) in [6, 6.07) is 28.3. The van der Waals surface area contributed by atoms with Gasteiger partial charge in [0, 0.05) is 30.6 Å². The van der Waals surface area contributed by atoms with Gasteiger partial charge in [-0.1, -0.05) is 48.2 Å². The van der Waals surface area contributed by atoms with E-state index in [1.807, 2.05) is 11.8 Å². The number of rotatable bonds is 5. The van der Waals surface area contributed by atoms with Gasteiger partial charge in [-0.2, -0.15) is 17.2 Å². The number of aryl methyl sites for hydroxylation is 1. The van der Waals surface area contributed by atoms with Gasteiger partial charge in [0.1, 0.15) is 7.05 Å². The van der Waals surface area contributed by atoms with Crippen LogP contribution in [0.4, 0.5) is 17.1 Å². The molecule has 0 aliphatic carbocycles. The molecule has 1 N–H and O–H groups in total. The van der Waals surface area contributed by atoms with E-state index in [-0.39, 0.29) is 6.17 Å². The highest BCUT2D eigenvalue weighted by molar-refractivity contribution is 8.03. The van der Waals surface area contributed by atoms with Gasteiger partial charge in [0.2, 0.25) is 11.2 Å². The van der Waals surface area contributed by atoms with Gasteiger partial charge in [0.05, 0.1) is 27.5 Å². The number of nitrogens with one attached hydrogen (secondary N) is 1. The molecule has 0 bridgehead atoms. The van der Waals surface area contributed by atoms with Crippen LogP contribution in [0.15, 0.2) is 88.8 Å². The number of hydrogen-bond acceptors (Lipinski definition) is 5. The van der Waals surface area contributed by atoms with Crippen molar-refractivity contribution in [1.82, 2.24) is 0 Å². The molecule has 1 atom stereocenters. The van der Waals surface area contributed by atoms with Crippen molar-refractivity contribution in [2.45, 2.75) is 17.5 Å². The van der Waals surface area contributed by atoms with E-state index in [2.05, 4.69) is 131 Å². The first-order chi connectivity index (χ1) is 17.2. The number of aromatic nitrogens is 1. The molecule has 0 fully saturated rings. The van der Waals surface area contributed by atoms with E-state index < -0.39 is 0 Å². The molecule has 2 aliphatic rings. The van der Waals surface area contributed by atoms with Crippen molar-refractivity contribution in [2.75, 3.05) is 34.5 Å². The first kappa shape index (κ1) is 22.4. The van der Waals surface area contributed by atoms with Gasteiger partial charge >= 0.3 is 0 Å². The maximum Gasteiger partial charge on any atom is 0.225 e. The van der Waals surface area contributed by atoms with E-state index in [9.17, 15) is 0 Å². The van der Waals surface area contributed by atoms with Gasteiger partial charge in [-0.05, 0) is 54.1 Å². The van der Waals surface area contributed by atoms with Crippen LogP contribution in [0.25, 0.3) is 17.0 Å². The minimum atomic E-state index is 0.0628. The summed E-state index contributed by atoms with van der Waals surface area (Å²) in [6.07, 6.45) is 3.48. The number of anilines is 3. The highest BCUT2D eigenvalue weighted by atomic mass is 32.2. The Morgan fingerprint density at radius 1 is 1.00 bits per heavy atom. The second kappa shape index (κ2) is 9.17. The minimum Gasteiger partial charge on any atom is -0.355 e. The molecule has 0 amide bonds. The highest BCUT2D eigenvalue weighted by Gasteiger charge is 2.34. The number of benzene rings is 3. The normalized spacial score (nSPS) is 17.7. The summed E-state index contributed by atoms with van der Waals surface area (Å²) in [5, 5.41) is 6.27. The second-order valence-corrected chi connectivity index (χ2v) is 10.6. The quantitative estimate of drug-likeness (QED) is 0.244. The number of thiol groups is 1. The predicted molar refractivity (Wildman–Crippen MR) is 152 cm³/mol. The summed E-state index contributed by atoms with van der Waals surface area (Å²) in [7, 11) is 4.34. The number of pyridine rings is 1. The van der Waals surface area contributed by atoms with Gasteiger partial charge in [-0.25, -0.2) is 0 Å². The standard InChI is InChI=1S/C29H28N4S2/c1-31-23-12-5-3-10-21(23)20(18-26(31)29-30-22-11-4-6-13-24(22)32(29)2)19-28-33(16-9-17-34)25-14-7-8-15-27(25)35-28/h3-8,10-15,18-19,29-30H,9,16-17H2,1-2H3/p+1. The van der Waals surface area contributed by atoms with Gasteiger partial charge < -0.3 is 15.1 Å². The van der Waals surface area contributed by atoms with Crippen LogP contribution in [0.5, 0.6) is 0 Å². The molecule has 6 heteroatoms. The zero-order chi connectivity index (χ0) is 23.9. The highest BCUT2D eigenvalue weighted by Crippen LogP contribution is 2.47. The van der Waals surface area contributed by atoms with Crippen LogP contribution in [0.1, 0.15) is 23.8 Å². The molecule has 0 saturated heterocycles. The van der Waals surface area contributed by atoms with Crippen LogP contribution in [0.2, 0.25) is 0 Å². The Morgan fingerprint density at radius 2 is 1.74 bits per heavy atom. The van der Waals surface area contributed by atoms with Crippen LogP contribution >= 0.6 is 24.4 Å². The summed E-state index contributed by atoms with van der Waals surface area (Å²) < 4.78 is 2.33. The first-order valence-electron chi connectivity index (χ1n) is 12.0. The van der Waals surface area contributed by atoms with Crippen molar-refractivity contribution < 1.29 is 4.57 Å². The summed E-state index contributed by atoms with van der Waals surface area (Å²) in [6.45, 7) is 0.965. The van der Waals surface area contributed by atoms with Crippen LogP contribution in [-0.4, -0.2) is 19.3 Å². The van der Waals surface area contributed by atoms with Gasteiger partial charge in [-0.3, -0.25) is 0 Å². The number of nitrogens with zero attached hydrogens (tertiary/aromatic N) is 3. The lowest BCUT2D eigenvalue weighted by Gasteiger charge is -2.22. The molecular formula is C29H29N4S2+. The topological polar surface area (TPSA) is 22.4 Å². The molecule has 3 aromatic carbocycles. The van der Waals surface area contributed by atoms with Crippen molar-refractivity contribution in [3.8, 4) is 0 Å². The van der Waals surface area contributed by atoms with Crippen LogP contribution in [0.3, 0.4) is 0 Å². The predicted octanol–water partition coefficient (Wildman–Crippen LogP) is 6.46. The largest absolute Gasteiger partial charge is 0.355 e. The monoisotopic (exact) mass is 497 g/mol. The molecule has 0 saturated carbocycles. The van der Waals surface area contributed by atoms with Crippen LogP contribution in [0, 0.1) is 0 Å². The molecule has 176 valence electrons. The molecular weight excluding hydrogens is 468 g/mol. The SMILES string of the molecule is CN1c2ccccc2NC1c1cc(C=C2Sc3ccccc3N2CCCS)c2ccccc2[n+]1C. The van der Waals surface area contributed by atoms with E-state index in [0.29, 0.717) is 0 Å². The lowest BCUT2D eigenvalue weighted by Crippen LogP contribution is -2.41. The Bertz CT molecular complexity index is 1450. The van der Waals surface area contributed by atoms with E-state index in [1.54, 1.807) is 0 Å². The molecule has 0 radical (unpaired) electrons.